The largest absolute Gasteiger partial charge is 0.396 e. The number of anilines is 1. The van der Waals surface area contributed by atoms with E-state index in [-0.39, 0.29) is 6.61 Å². The van der Waals surface area contributed by atoms with Crippen molar-refractivity contribution in [1.29, 1.82) is 0 Å². The third-order valence-corrected chi connectivity index (χ3v) is 2.59. The van der Waals surface area contributed by atoms with Crippen LogP contribution in [0.5, 0.6) is 0 Å². The number of aliphatic hydroxyl groups excluding tert-OH is 1. The molecule has 0 radical (unpaired) electrons. The zero-order chi connectivity index (χ0) is 11.8. The number of hydrogen-bond acceptors (Lipinski definition) is 3. The van der Waals surface area contributed by atoms with Gasteiger partial charge in [-0.2, -0.15) is 0 Å². The van der Waals surface area contributed by atoms with Crippen molar-refractivity contribution in [3.63, 3.8) is 0 Å². The van der Waals surface area contributed by atoms with Crippen molar-refractivity contribution in [3.05, 3.63) is 29.8 Å². The molecule has 0 bridgehead atoms. The lowest BCUT2D eigenvalue weighted by Crippen LogP contribution is -2.27. The molecule has 3 nitrogen and oxygen atoms in total. The summed E-state index contributed by atoms with van der Waals surface area (Å²) in [7, 11) is 0. The highest BCUT2D eigenvalue weighted by Crippen LogP contribution is 2.16. The molecule has 0 saturated carbocycles. The highest BCUT2D eigenvalue weighted by atomic mass is 16.3. The lowest BCUT2D eigenvalue weighted by molar-refractivity contribution is 0.289. The van der Waals surface area contributed by atoms with Crippen LogP contribution in [0.25, 0.3) is 0 Å². The highest BCUT2D eigenvalue weighted by molar-refractivity contribution is 5.48. The average Bonchev–Trinajstić information content (AvgIpc) is 2.29. The second-order valence-electron chi connectivity index (χ2n) is 4.05. The molecule has 0 heterocycles. The van der Waals surface area contributed by atoms with Gasteiger partial charge in [-0.25, -0.2) is 0 Å². The summed E-state index contributed by atoms with van der Waals surface area (Å²) in [6.07, 6.45) is 1.79. The molecule has 0 aliphatic carbocycles. The van der Waals surface area contributed by atoms with Crippen molar-refractivity contribution in [2.75, 3.05) is 31.1 Å². The first-order chi connectivity index (χ1) is 7.77. The molecule has 0 aromatic heterocycles. The molecule has 0 fully saturated rings. The summed E-state index contributed by atoms with van der Waals surface area (Å²) < 4.78 is 0. The Hall–Kier alpha value is -1.06. The molecule has 0 aliphatic rings. The molecule has 0 aliphatic heterocycles. The van der Waals surface area contributed by atoms with E-state index in [9.17, 15) is 0 Å². The van der Waals surface area contributed by atoms with Crippen LogP contribution in [0, 0.1) is 6.92 Å². The van der Waals surface area contributed by atoms with E-state index in [0.717, 1.165) is 25.9 Å². The molecule has 0 amide bonds. The molecule has 1 aromatic carbocycles. The minimum absolute atomic E-state index is 0.241. The van der Waals surface area contributed by atoms with E-state index in [0.29, 0.717) is 6.54 Å². The summed E-state index contributed by atoms with van der Waals surface area (Å²) in [5, 5.41) is 8.89. The lowest BCUT2D eigenvalue weighted by Gasteiger charge is -2.24. The van der Waals surface area contributed by atoms with E-state index in [1.54, 1.807) is 0 Å². The predicted octanol–water partition coefficient (Wildman–Crippen LogP) is 1.53. The minimum Gasteiger partial charge on any atom is -0.396 e. The van der Waals surface area contributed by atoms with Crippen LogP contribution in [0.1, 0.15) is 18.4 Å². The molecular weight excluding hydrogens is 200 g/mol. The third kappa shape index (κ3) is 4.21. The van der Waals surface area contributed by atoms with Gasteiger partial charge in [0.2, 0.25) is 0 Å². The Bertz CT molecular complexity index is 294. The molecular formula is C13H22N2O. The van der Waals surface area contributed by atoms with Crippen molar-refractivity contribution in [3.8, 4) is 0 Å². The molecule has 0 atom stereocenters. The molecule has 0 saturated heterocycles. The maximum absolute atomic E-state index is 8.89. The monoisotopic (exact) mass is 222 g/mol. The maximum Gasteiger partial charge on any atom is 0.0447 e. The standard InChI is InChI=1S/C13H22N2O/c1-12-5-2-6-13(11-12)15(8-3-7-14)9-4-10-16/h2,5-6,11,16H,3-4,7-10,14H2,1H3. The molecule has 16 heavy (non-hydrogen) atoms. The van der Waals surface area contributed by atoms with Crippen LogP contribution in [0.15, 0.2) is 24.3 Å². The zero-order valence-electron chi connectivity index (χ0n) is 10.0. The Morgan fingerprint density at radius 1 is 1.25 bits per heavy atom. The van der Waals surface area contributed by atoms with Crippen molar-refractivity contribution < 1.29 is 5.11 Å². The van der Waals surface area contributed by atoms with Crippen molar-refractivity contribution in [2.45, 2.75) is 19.8 Å². The summed E-state index contributed by atoms with van der Waals surface area (Å²) >= 11 is 0. The zero-order valence-corrected chi connectivity index (χ0v) is 10.0. The topological polar surface area (TPSA) is 49.5 Å². The smallest absolute Gasteiger partial charge is 0.0447 e. The van der Waals surface area contributed by atoms with E-state index in [4.69, 9.17) is 10.8 Å². The first-order valence-electron chi connectivity index (χ1n) is 5.90. The van der Waals surface area contributed by atoms with Gasteiger partial charge in [0, 0.05) is 25.4 Å². The lowest BCUT2D eigenvalue weighted by atomic mass is 10.2. The van der Waals surface area contributed by atoms with Gasteiger partial charge in [-0.05, 0) is 44.0 Å². The fourth-order valence-corrected chi connectivity index (χ4v) is 1.74. The first kappa shape index (κ1) is 13.0. The minimum atomic E-state index is 0.241. The number of hydrogen-bond donors (Lipinski definition) is 2. The van der Waals surface area contributed by atoms with E-state index >= 15 is 0 Å². The third-order valence-electron chi connectivity index (χ3n) is 2.59. The summed E-state index contributed by atoms with van der Waals surface area (Å²) in [6, 6.07) is 8.45. The van der Waals surface area contributed by atoms with Crippen molar-refractivity contribution in [2.24, 2.45) is 5.73 Å². The van der Waals surface area contributed by atoms with Crippen LogP contribution in [-0.4, -0.2) is 31.3 Å². The van der Waals surface area contributed by atoms with Gasteiger partial charge in [-0.3, -0.25) is 0 Å². The number of aryl methyl sites for hydroxylation is 1. The van der Waals surface area contributed by atoms with Gasteiger partial charge in [0.15, 0.2) is 0 Å². The van der Waals surface area contributed by atoms with Crippen LogP contribution in [0.3, 0.4) is 0 Å². The average molecular weight is 222 g/mol. The molecule has 1 rings (SSSR count). The van der Waals surface area contributed by atoms with Gasteiger partial charge in [-0.1, -0.05) is 12.1 Å². The predicted molar refractivity (Wildman–Crippen MR) is 68.8 cm³/mol. The number of benzene rings is 1. The fraction of sp³-hybridized carbons (Fsp3) is 0.538. The quantitative estimate of drug-likeness (QED) is 0.735. The van der Waals surface area contributed by atoms with Gasteiger partial charge in [0.1, 0.15) is 0 Å². The molecule has 3 heteroatoms. The highest BCUT2D eigenvalue weighted by Gasteiger charge is 2.05. The van der Waals surface area contributed by atoms with Gasteiger partial charge < -0.3 is 15.7 Å². The van der Waals surface area contributed by atoms with Gasteiger partial charge >= 0.3 is 0 Å². The van der Waals surface area contributed by atoms with Crippen LogP contribution in [0.2, 0.25) is 0 Å². The second kappa shape index (κ2) is 7.25. The van der Waals surface area contributed by atoms with E-state index in [1.165, 1.54) is 11.3 Å². The Labute approximate surface area is 97.9 Å². The van der Waals surface area contributed by atoms with Crippen LogP contribution >= 0.6 is 0 Å². The van der Waals surface area contributed by atoms with Gasteiger partial charge in [0.25, 0.3) is 0 Å². The SMILES string of the molecule is Cc1cccc(N(CCCN)CCCO)c1. The normalized spacial score (nSPS) is 10.4. The number of rotatable bonds is 7. The van der Waals surface area contributed by atoms with Gasteiger partial charge in [-0.15, -0.1) is 0 Å². The summed E-state index contributed by atoms with van der Waals surface area (Å²) in [5.41, 5.74) is 8.02. The summed E-state index contributed by atoms with van der Waals surface area (Å²) in [6.45, 7) is 4.89. The first-order valence-corrected chi connectivity index (χ1v) is 5.90. The Balaban J connectivity index is 2.66. The Morgan fingerprint density at radius 3 is 2.62 bits per heavy atom. The van der Waals surface area contributed by atoms with E-state index < -0.39 is 0 Å². The molecule has 0 spiro atoms. The Morgan fingerprint density at radius 2 is 2.00 bits per heavy atom. The summed E-state index contributed by atoms with van der Waals surface area (Å²) in [5.74, 6) is 0. The number of nitrogens with two attached hydrogens (primary N) is 1. The number of nitrogens with zero attached hydrogens (tertiary/aromatic N) is 1. The number of aliphatic hydroxyl groups is 1. The maximum atomic E-state index is 8.89. The van der Waals surface area contributed by atoms with Crippen molar-refractivity contribution >= 4 is 5.69 Å². The van der Waals surface area contributed by atoms with Crippen LogP contribution in [-0.2, 0) is 0 Å². The van der Waals surface area contributed by atoms with E-state index in [1.807, 2.05) is 0 Å². The molecule has 90 valence electrons. The second-order valence-corrected chi connectivity index (χ2v) is 4.05. The van der Waals surface area contributed by atoms with Gasteiger partial charge in [0.05, 0.1) is 0 Å². The van der Waals surface area contributed by atoms with Crippen molar-refractivity contribution in [1.82, 2.24) is 0 Å². The Kier molecular flexibility index (Phi) is 5.90. The van der Waals surface area contributed by atoms with E-state index in [2.05, 4.69) is 36.1 Å². The van der Waals surface area contributed by atoms with Crippen LogP contribution in [0.4, 0.5) is 5.69 Å². The van der Waals surface area contributed by atoms with Crippen LogP contribution < -0.4 is 10.6 Å². The fourth-order valence-electron chi connectivity index (χ4n) is 1.74. The molecule has 3 N–H and O–H groups in total. The molecule has 1 aromatic rings. The molecule has 0 unspecified atom stereocenters. The summed E-state index contributed by atoms with van der Waals surface area (Å²) in [4.78, 5) is 2.29.